The van der Waals surface area contributed by atoms with Crippen molar-refractivity contribution in [3.05, 3.63) is 65.7 Å². The lowest BCUT2D eigenvalue weighted by atomic mass is 9.89. The van der Waals surface area contributed by atoms with Crippen molar-refractivity contribution in [1.82, 2.24) is 5.01 Å². The topological polar surface area (TPSA) is 51.1 Å². The minimum atomic E-state index is -0.953. The molecule has 0 saturated heterocycles. The summed E-state index contributed by atoms with van der Waals surface area (Å²) in [6.07, 6.45) is 0.262. The molecule has 0 fully saturated rings. The SMILES string of the molecule is CC(=O)N1N=C(C)O[C@]12C[C@H](c1ccccc1)Oc1ccccc12. The summed E-state index contributed by atoms with van der Waals surface area (Å²) < 4.78 is 12.3. The predicted octanol–water partition coefficient (Wildman–Crippen LogP) is 3.58. The van der Waals surface area contributed by atoms with Crippen LogP contribution in [0.2, 0.25) is 0 Å². The van der Waals surface area contributed by atoms with E-state index in [2.05, 4.69) is 5.10 Å². The molecule has 122 valence electrons. The molecular formula is C19H18N2O3. The summed E-state index contributed by atoms with van der Waals surface area (Å²) in [4.78, 5) is 12.2. The molecule has 1 amide bonds. The monoisotopic (exact) mass is 322 g/mol. The first-order valence-electron chi connectivity index (χ1n) is 7.96. The van der Waals surface area contributed by atoms with Crippen LogP contribution in [0.1, 0.15) is 37.5 Å². The fourth-order valence-electron chi connectivity index (χ4n) is 3.45. The average molecular weight is 322 g/mol. The van der Waals surface area contributed by atoms with Gasteiger partial charge in [-0.1, -0.05) is 42.5 Å². The third-order valence-electron chi connectivity index (χ3n) is 4.41. The van der Waals surface area contributed by atoms with Crippen LogP contribution in [0, 0.1) is 0 Å². The Morgan fingerprint density at radius 3 is 2.62 bits per heavy atom. The smallest absolute Gasteiger partial charge is 0.243 e. The molecule has 0 saturated carbocycles. The van der Waals surface area contributed by atoms with E-state index in [1.54, 1.807) is 6.92 Å². The minimum absolute atomic E-state index is 0.157. The first-order valence-corrected chi connectivity index (χ1v) is 7.96. The molecule has 24 heavy (non-hydrogen) atoms. The Balaban J connectivity index is 1.85. The van der Waals surface area contributed by atoms with Crippen molar-refractivity contribution in [2.24, 2.45) is 5.10 Å². The van der Waals surface area contributed by atoms with Gasteiger partial charge in [0.1, 0.15) is 11.9 Å². The van der Waals surface area contributed by atoms with Gasteiger partial charge in [-0.3, -0.25) is 4.79 Å². The molecule has 2 aromatic rings. The normalized spacial score (nSPS) is 24.8. The lowest BCUT2D eigenvalue weighted by molar-refractivity contribution is -0.157. The summed E-state index contributed by atoms with van der Waals surface area (Å²) in [5, 5.41) is 5.76. The lowest BCUT2D eigenvalue weighted by Gasteiger charge is -2.42. The number of ether oxygens (including phenoxy) is 2. The van der Waals surface area contributed by atoms with Gasteiger partial charge in [0.25, 0.3) is 0 Å². The highest BCUT2D eigenvalue weighted by atomic mass is 16.6. The maximum Gasteiger partial charge on any atom is 0.243 e. The van der Waals surface area contributed by atoms with Crippen LogP contribution in [0.4, 0.5) is 0 Å². The number of rotatable bonds is 1. The summed E-state index contributed by atoms with van der Waals surface area (Å²) in [7, 11) is 0. The molecule has 0 N–H and O–H groups in total. The van der Waals surface area contributed by atoms with Gasteiger partial charge in [-0.15, -0.1) is 5.10 Å². The van der Waals surface area contributed by atoms with Gasteiger partial charge in [-0.2, -0.15) is 5.01 Å². The molecule has 2 aliphatic heterocycles. The van der Waals surface area contributed by atoms with Crippen LogP contribution in [0.3, 0.4) is 0 Å². The Hall–Kier alpha value is -2.82. The third kappa shape index (κ3) is 2.16. The highest BCUT2D eigenvalue weighted by Gasteiger charge is 2.53. The molecule has 0 aromatic heterocycles. The standard InChI is InChI=1S/C19H18N2O3/c1-13-20-21(14(2)22)19(24-13)12-18(15-8-4-3-5-9-15)23-17-11-7-6-10-16(17)19/h3-11,18H,12H2,1-2H3/t18-,19+/m1/s1. The third-order valence-corrected chi connectivity index (χ3v) is 4.41. The van der Waals surface area contributed by atoms with Crippen molar-refractivity contribution in [2.75, 3.05) is 0 Å². The fourth-order valence-corrected chi connectivity index (χ4v) is 3.45. The van der Waals surface area contributed by atoms with Crippen molar-refractivity contribution in [2.45, 2.75) is 32.1 Å². The Kier molecular flexibility index (Phi) is 3.30. The number of carbonyl (C=O) groups is 1. The first kappa shape index (κ1) is 14.8. The molecule has 2 aliphatic rings. The molecule has 2 aromatic carbocycles. The van der Waals surface area contributed by atoms with E-state index in [9.17, 15) is 4.79 Å². The maximum atomic E-state index is 12.2. The van der Waals surface area contributed by atoms with Gasteiger partial charge in [-0.25, -0.2) is 0 Å². The summed E-state index contributed by atoms with van der Waals surface area (Å²) in [6, 6.07) is 17.6. The number of carbonyl (C=O) groups excluding carboxylic acids is 1. The highest BCUT2D eigenvalue weighted by molar-refractivity contribution is 5.82. The predicted molar refractivity (Wildman–Crippen MR) is 89.3 cm³/mol. The summed E-state index contributed by atoms with van der Waals surface area (Å²) >= 11 is 0. The number of para-hydroxylation sites is 1. The van der Waals surface area contributed by atoms with E-state index in [4.69, 9.17) is 9.47 Å². The summed E-state index contributed by atoms with van der Waals surface area (Å²) in [5.74, 6) is 1.04. The number of hydrazone groups is 1. The molecule has 5 nitrogen and oxygen atoms in total. The van der Waals surface area contributed by atoms with Crippen LogP contribution in [0.15, 0.2) is 59.7 Å². The Morgan fingerprint density at radius 2 is 1.88 bits per heavy atom. The second-order valence-electron chi connectivity index (χ2n) is 6.05. The van der Waals surface area contributed by atoms with Gasteiger partial charge >= 0.3 is 0 Å². The van der Waals surface area contributed by atoms with Crippen LogP contribution in [0.25, 0.3) is 0 Å². The van der Waals surface area contributed by atoms with Gasteiger partial charge in [-0.05, 0) is 17.7 Å². The summed E-state index contributed by atoms with van der Waals surface area (Å²) in [5.41, 5.74) is 0.918. The number of amides is 1. The Labute approximate surface area is 140 Å². The van der Waals surface area contributed by atoms with Crippen LogP contribution in [0.5, 0.6) is 5.75 Å². The largest absolute Gasteiger partial charge is 0.485 e. The second-order valence-corrected chi connectivity index (χ2v) is 6.05. The van der Waals surface area contributed by atoms with E-state index < -0.39 is 5.72 Å². The summed E-state index contributed by atoms with van der Waals surface area (Å²) in [6.45, 7) is 3.27. The van der Waals surface area contributed by atoms with Crippen LogP contribution < -0.4 is 4.74 Å². The lowest BCUT2D eigenvalue weighted by Crippen LogP contribution is -2.48. The minimum Gasteiger partial charge on any atom is -0.485 e. The molecule has 1 spiro atoms. The van der Waals surface area contributed by atoms with E-state index >= 15 is 0 Å². The van der Waals surface area contributed by atoms with E-state index in [-0.39, 0.29) is 12.0 Å². The molecular weight excluding hydrogens is 304 g/mol. The van der Waals surface area contributed by atoms with E-state index in [0.29, 0.717) is 18.1 Å². The van der Waals surface area contributed by atoms with Crippen LogP contribution in [-0.2, 0) is 15.3 Å². The molecule has 2 atom stereocenters. The van der Waals surface area contributed by atoms with Gasteiger partial charge in [0.15, 0.2) is 0 Å². The molecule has 0 radical (unpaired) electrons. The zero-order valence-electron chi connectivity index (χ0n) is 13.6. The molecule has 4 rings (SSSR count). The van der Waals surface area contributed by atoms with Crippen molar-refractivity contribution >= 4 is 11.8 Å². The fraction of sp³-hybridized carbons (Fsp3) is 0.263. The number of fused-ring (bicyclic) bond motifs is 2. The second kappa shape index (κ2) is 5.37. The van der Waals surface area contributed by atoms with Gasteiger partial charge in [0.2, 0.25) is 17.5 Å². The average Bonchev–Trinajstić information content (AvgIpc) is 2.92. The van der Waals surface area contributed by atoms with Gasteiger partial charge in [0.05, 0.1) is 12.0 Å². The Morgan fingerprint density at radius 1 is 1.17 bits per heavy atom. The van der Waals surface area contributed by atoms with Crippen LogP contribution >= 0.6 is 0 Å². The number of benzene rings is 2. The van der Waals surface area contributed by atoms with Crippen molar-refractivity contribution in [3.63, 3.8) is 0 Å². The van der Waals surface area contributed by atoms with Crippen molar-refractivity contribution < 1.29 is 14.3 Å². The Bertz CT molecular complexity index is 818. The highest BCUT2D eigenvalue weighted by Crippen LogP contribution is 2.50. The zero-order valence-corrected chi connectivity index (χ0v) is 13.6. The maximum absolute atomic E-state index is 12.2. The van der Waals surface area contributed by atoms with E-state index in [0.717, 1.165) is 11.1 Å². The quantitative estimate of drug-likeness (QED) is 0.806. The number of nitrogens with zero attached hydrogens (tertiary/aromatic N) is 2. The molecule has 0 aliphatic carbocycles. The van der Waals surface area contributed by atoms with Crippen molar-refractivity contribution in [3.8, 4) is 5.75 Å². The molecule has 5 heteroatoms. The molecule has 2 heterocycles. The zero-order chi connectivity index (χ0) is 16.7. The van der Waals surface area contributed by atoms with Crippen LogP contribution in [-0.4, -0.2) is 16.8 Å². The molecule has 0 unspecified atom stereocenters. The van der Waals surface area contributed by atoms with Gasteiger partial charge < -0.3 is 9.47 Å². The van der Waals surface area contributed by atoms with E-state index in [1.165, 1.54) is 11.9 Å². The van der Waals surface area contributed by atoms with Gasteiger partial charge in [0, 0.05) is 13.8 Å². The van der Waals surface area contributed by atoms with Crippen molar-refractivity contribution in [1.29, 1.82) is 0 Å². The van der Waals surface area contributed by atoms with E-state index in [1.807, 2.05) is 54.6 Å². The number of hydrogen-bond donors (Lipinski definition) is 0. The molecule has 0 bridgehead atoms. The number of hydrogen-bond acceptors (Lipinski definition) is 4. The first-order chi connectivity index (χ1) is 11.6.